The molecule has 0 radical (unpaired) electrons. The molecule has 6 heteroatoms. The standard InChI is InChI=1S/C23H27FN2O3/c24-20-4-1-3-16(10-20)11-22(28)29-15-21(27)26(6-2-5-25)23-12-17-7-18(13-23)9-19(8-17)14-23/h1,3-4,10,17-19H,2,6-9,11-15H2. The Morgan fingerprint density at radius 3 is 2.41 bits per heavy atom. The summed E-state index contributed by atoms with van der Waals surface area (Å²) in [6.45, 7) is 0.0737. The maximum absolute atomic E-state index is 13.3. The molecule has 0 heterocycles. The van der Waals surface area contributed by atoms with Crippen molar-refractivity contribution in [3.63, 3.8) is 0 Å². The predicted octanol–water partition coefficient (Wildman–Crippen LogP) is 3.62. The third-order valence-corrected chi connectivity index (χ3v) is 6.92. The van der Waals surface area contributed by atoms with Crippen molar-refractivity contribution < 1.29 is 18.7 Å². The summed E-state index contributed by atoms with van der Waals surface area (Å²) in [5.41, 5.74) is 0.349. The first kappa shape index (κ1) is 19.9. The molecule has 4 fully saturated rings. The number of ether oxygens (including phenoxy) is 1. The summed E-state index contributed by atoms with van der Waals surface area (Å²) >= 11 is 0. The van der Waals surface area contributed by atoms with Crippen LogP contribution >= 0.6 is 0 Å². The molecule has 5 rings (SSSR count). The fourth-order valence-corrected chi connectivity index (χ4v) is 6.27. The van der Waals surface area contributed by atoms with Gasteiger partial charge in [-0.25, -0.2) is 4.39 Å². The van der Waals surface area contributed by atoms with Crippen LogP contribution in [-0.4, -0.2) is 35.5 Å². The van der Waals surface area contributed by atoms with E-state index in [4.69, 9.17) is 10.00 Å². The van der Waals surface area contributed by atoms with Gasteiger partial charge in [-0.05, 0) is 74.0 Å². The topological polar surface area (TPSA) is 70.4 Å². The van der Waals surface area contributed by atoms with Crippen LogP contribution in [0.4, 0.5) is 4.39 Å². The molecule has 0 aliphatic heterocycles. The zero-order valence-electron chi connectivity index (χ0n) is 16.6. The summed E-state index contributed by atoms with van der Waals surface area (Å²) in [7, 11) is 0. The van der Waals surface area contributed by atoms with Crippen molar-refractivity contribution in [3.05, 3.63) is 35.6 Å². The number of benzene rings is 1. The highest BCUT2D eigenvalue weighted by molar-refractivity contribution is 5.82. The molecule has 1 amide bonds. The lowest BCUT2D eigenvalue weighted by molar-refractivity contribution is -0.162. The fourth-order valence-electron chi connectivity index (χ4n) is 6.27. The second-order valence-corrected chi connectivity index (χ2v) is 9.06. The van der Waals surface area contributed by atoms with Gasteiger partial charge in [0.15, 0.2) is 6.61 Å². The van der Waals surface area contributed by atoms with Crippen LogP contribution in [0.1, 0.15) is 50.5 Å². The van der Waals surface area contributed by atoms with Crippen LogP contribution in [0, 0.1) is 34.9 Å². The van der Waals surface area contributed by atoms with E-state index in [1.54, 1.807) is 12.1 Å². The Labute approximate surface area is 170 Å². The van der Waals surface area contributed by atoms with E-state index in [2.05, 4.69) is 6.07 Å². The van der Waals surface area contributed by atoms with Crippen molar-refractivity contribution in [3.8, 4) is 6.07 Å². The van der Waals surface area contributed by atoms with Gasteiger partial charge in [0, 0.05) is 12.1 Å². The Morgan fingerprint density at radius 2 is 1.83 bits per heavy atom. The third-order valence-electron chi connectivity index (χ3n) is 6.92. The van der Waals surface area contributed by atoms with E-state index in [1.807, 2.05) is 4.90 Å². The van der Waals surface area contributed by atoms with Gasteiger partial charge >= 0.3 is 5.97 Å². The van der Waals surface area contributed by atoms with Gasteiger partial charge in [0.2, 0.25) is 0 Å². The second-order valence-electron chi connectivity index (χ2n) is 9.06. The average molecular weight is 398 g/mol. The molecule has 154 valence electrons. The number of esters is 1. The maximum atomic E-state index is 13.3. The Kier molecular flexibility index (Phi) is 5.58. The summed E-state index contributed by atoms with van der Waals surface area (Å²) in [5.74, 6) is 0.859. The van der Waals surface area contributed by atoms with Crippen LogP contribution in [0.3, 0.4) is 0 Å². The highest BCUT2D eigenvalue weighted by Crippen LogP contribution is 2.57. The van der Waals surface area contributed by atoms with E-state index in [1.165, 1.54) is 31.4 Å². The quantitative estimate of drug-likeness (QED) is 0.658. The van der Waals surface area contributed by atoms with Crippen LogP contribution in [0.5, 0.6) is 0 Å². The van der Waals surface area contributed by atoms with E-state index in [0.717, 1.165) is 19.3 Å². The number of carbonyl (C=O) groups excluding carboxylic acids is 2. The Bertz CT molecular complexity index is 796. The van der Waals surface area contributed by atoms with Crippen LogP contribution in [-0.2, 0) is 20.7 Å². The van der Waals surface area contributed by atoms with Gasteiger partial charge in [0.25, 0.3) is 5.91 Å². The van der Waals surface area contributed by atoms with Gasteiger partial charge in [-0.3, -0.25) is 9.59 Å². The molecule has 4 aliphatic carbocycles. The van der Waals surface area contributed by atoms with Gasteiger partial charge < -0.3 is 9.64 Å². The number of hydrogen-bond donors (Lipinski definition) is 0. The Hall–Kier alpha value is -2.42. The summed E-state index contributed by atoms with van der Waals surface area (Å²) < 4.78 is 18.5. The van der Waals surface area contributed by atoms with Crippen LogP contribution in [0.2, 0.25) is 0 Å². The largest absolute Gasteiger partial charge is 0.455 e. The molecule has 5 nitrogen and oxygen atoms in total. The molecular formula is C23H27FN2O3. The number of nitrogens with zero attached hydrogens (tertiary/aromatic N) is 2. The molecule has 0 unspecified atom stereocenters. The fraction of sp³-hybridized carbons (Fsp3) is 0.609. The number of rotatable bonds is 7. The average Bonchev–Trinajstić information content (AvgIpc) is 2.65. The minimum atomic E-state index is -0.547. The van der Waals surface area contributed by atoms with Gasteiger partial charge in [0.1, 0.15) is 5.82 Å². The lowest BCUT2D eigenvalue weighted by atomic mass is 9.52. The monoisotopic (exact) mass is 398 g/mol. The van der Waals surface area contributed by atoms with E-state index in [-0.39, 0.29) is 30.9 Å². The first-order valence-electron chi connectivity index (χ1n) is 10.5. The molecule has 4 aliphatic rings. The number of amides is 1. The lowest BCUT2D eigenvalue weighted by Crippen LogP contribution is -2.62. The van der Waals surface area contributed by atoms with E-state index in [0.29, 0.717) is 29.9 Å². The lowest BCUT2D eigenvalue weighted by Gasteiger charge is -2.60. The molecule has 4 bridgehead atoms. The van der Waals surface area contributed by atoms with Crippen molar-refractivity contribution in [1.82, 2.24) is 4.90 Å². The second kappa shape index (κ2) is 8.14. The van der Waals surface area contributed by atoms with Crippen molar-refractivity contribution >= 4 is 11.9 Å². The van der Waals surface area contributed by atoms with Crippen molar-refractivity contribution in [2.75, 3.05) is 13.2 Å². The Balaban J connectivity index is 1.40. The van der Waals surface area contributed by atoms with Crippen LogP contribution in [0.25, 0.3) is 0 Å². The molecule has 0 spiro atoms. The van der Waals surface area contributed by atoms with Crippen molar-refractivity contribution in [1.29, 1.82) is 5.26 Å². The van der Waals surface area contributed by atoms with Crippen LogP contribution in [0.15, 0.2) is 24.3 Å². The highest BCUT2D eigenvalue weighted by Gasteiger charge is 2.54. The minimum absolute atomic E-state index is 0.0688. The predicted molar refractivity (Wildman–Crippen MR) is 104 cm³/mol. The smallest absolute Gasteiger partial charge is 0.310 e. The van der Waals surface area contributed by atoms with Gasteiger partial charge in [-0.15, -0.1) is 0 Å². The molecule has 1 aromatic rings. The zero-order valence-corrected chi connectivity index (χ0v) is 16.6. The van der Waals surface area contributed by atoms with Crippen molar-refractivity contribution in [2.24, 2.45) is 17.8 Å². The normalized spacial score (nSPS) is 29.3. The highest BCUT2D eigenvalue weighted by atomic mass is 19.1. The number of halogens is 1. The van der Waals surface area contributed by atoms with E-state index in [9.17, 15) is 14.0 Å². The number of carbonyl (C=O) groups is 2. The van der Waals surface area contributed by atoms with Gasteiger partial charge in [0.05, 0.1) is 18.9 Å². The summed E-state index contributed by atoms with van der Waals surface area (Å²) in [5, 5.41) is 9.08. The minimum Gasteiger partial charge on any atom is -0.455 e. The van der Waals surface area contributed by atoms with Gasteiger partial charge in [-0.1, -0.05) is 12.1 Å². The molecule has 0 N–H and O–H groups in total. The summed E-state index contributed by atoms with van der Waals surface area (Å²) in [6, 6.07) is 7.95. The first-order chi connectivity index (χ1) is 14.0. The first-order valence-corrected chi connectivity index (χ1v) is 10.5. The van der Waals surface area contributed by atoms with E-state index < -0.39 is 11.8 Å². The molecule has 0 aromatic heterocycles. The SMILES string of the molecule is N#CCCN(C(=O)COC(=O)Cc1cccc(F)c1)C12CC3CC(CC(C3)C1)C2. The molecule has 1 aromatic carbocycles. The number of hydrogen-bond acceptors (Lipinski definition) is 4. The Morgan fingerprint density at radius 1 is 1.17 bits per heavy atom. The summed E-state index contributed by atoms with van der Waals surface area (Å²) in [6.07, 6.45) is 7.03. The molecule has 29 heavy (non-hydrogen) atoms. The molecule has 0 saturated heterocycles. The molecule has 4 saturated carbocycles. The van der Waals surface area contributed by atoms with Crippen LogP contribution < -0.4 is 0 Å². The molecular weight excluding hydrogens is 371 g/mol. The van der Waals surface area contributed by atoms with Crippen molar-refractivity contribution in [2.45, 2.75) is 56.9 Å². The number of nitriles is 1. The summed E-state index contributed by atoms with van der Waals surface area (Å²) in [4.78, 5) is 27.1. The maximum Gasteiger partial charge on any atom is 0.310 e. The third kappa shape index (κ3) is 4.29. The molecule has 0 atom stereocenters. The zero-order chi connectivity index (χ0) is 20.4. The van der Waals surface area contributed by atoms with E-state index >= 15 is 0 Å². The van der Waals surface area contributed by atoms with Gasteiger partial charge in [-0.2, -0.15) is 5.26 Å².